The molecule has 1 aliphatic heterocycles. The number of carbonyl (C=O) groups is 1. The summed E-state index contributed by atoms with van der Waals surface area (Å²) >= 11 is 0. The summed E-state index contributed by atoms with van der Waals surface area (Å²) in [5, 5.41) is 3.14. The molecule has 1 N–H and O–H groups in total. The van der Waals surface area contributed by atoms with Crippen LogP contribution in [0.4, 0.5) is 4.39 Å². The lowest BCUT2D eigenvalue weighted by molar-refractivity contribution is -0.128. The van der Waals surface area contributed by atoms with Gasteiger partial charge in [0.2, 0.25) is 15.9 Å². The van der Waals surface area contributed by atoms with Crippen LogP contribution in [0, 0.1) is 11.7 Å². The van der Waals surface area contributed by atoms with E-state index in [1.165, 1.54) is 16.4 Å². The van der Waals surface area contributed by atoms with Crippen molar-refractivity contribution in [2.24, 2.45) is 5.92 Å². The molecule has 2 aliphatic rings. The van der Waals surface area contributed by atoms with Crippen molar-refractivity contribution in [1.29, 1.82) is 0 Å². The fraction of sp³-hybridized carbons (Fsp3) is 0.480. The van der Waals surface area contributed by atoms with Gasteiger partial charge in [-0.2, -0.15) is 4.31 Å². The van der Waals surface area contributed by atoms with Gasteiger partial charge in [-0.15, -0.1) is 0 Å². The topological polar surface area (TPSA) is 66.5 Å². The van der Waals surface area contributed by atoms with Crippen LogP contribution in [0.15, 0.2) is 59.5 Å². The van der Waals surface area contributed by atoms with E-state index in [4.69, 9.17) is 0 Å². The molecule has 2 aromatic rings. The molecule has 0 bridgehead atoms. The van der Waals surface area contributed by atoms with Crippen LogP contribution in [0.2, 0.25) is 0 Å². The number of benzene rings is 2. The minimum atomic E-state index is -3.47. The van der Waals surface area contributed by atoms with E-state index < -0.39 is 15.4 Å². The molecule has 1 amide bonds. The van der Waals surface area contributed by atoms with Gasteiger partial charge in [-0.05, 0) is 61.4 Å². The van der Waals surface area contributed by atoms with Crippen LogP contribution in [0.25, 0.3) is 0 Å². The second-order valence-electron chi connectivity index (χ2n) is 9.02. The van der Waals surface area contributed by atoms with Crippen molar-refractivity contribution in [2.45, 2.75) is 55.3 Å². The number of rotatable bonds is 6. The molecule has 0 aromatic heterocycles. The lowest BCUT2D eigenvalue weighted by Crippen LogP contribution is -2.48. The van der Waals surface area contributed by atoms with Crippen molar-refractivity contribution < 1.29 is 17.6 Å². The Morgan fingerprint density at radius 3 is 2.34 bits per heavy atom. The number of nitrogens with zero attached hydrogens (tertiary/aromatic N) is 1. The number of sulfonamides is 1. The Kier molecular flexibility index (Phi) is 6.96. The molecule has 1 saturated heterocycles. The molecule has 1 heterocycles. The number of nitrogens with one attached hydrogen (secondary N) is 1. The SMILES string of the molecule is O=C(NCC1CCN(S(=O)(=O)c2ccccc2)CC1)C1(c2cccc(F)c2)CCCCC1. The standard InChI is InChI=1S/C25H31FN2O3S/c26-22-9-7-8-21(18-22)25(14-5-2-6-15-25)24(29)27-19-20-12-16-28(17-13-20)32(30,31)23-10-3-1-4-11-23/h1,3-4,7-11,18,20H,2,5-6,12-17,19H2,(H,27,29). The Balaban J connectivity index is 1.37. The Bertz CT molecular complexity index is 1030. The van der Waals surface area contributed by atoms with Gasteiger partial charge in [0.25, 0.3) is 0 Å². The van der Waals surface area contributed by atoms with E-state index in [0.717, 1.165) is 37.7 Å². The molecule has 1 aliphatic carbocycles. The molecule has 172 valence electrons. The highest BCUT2D eigenvalue weighted by molar-refractivity contribution is 7.89. The summed E-state index contributed by atoms with van der Waals surface area (Å²) in [5.74, 6) is -0.108. The van der Waals surface area contributed by atoms with Gasteiger partial charge >= 0.3 is 0 Å². The number of amides is 1. The zero-order chi connectivity index (χ0) is 22.6. The van der Waals surface area contributed by atoms with Crippen LogP contribution < -0.4 is 5.32 Å². The van der Waals surface area contributed by atoms with E-state index >= 15 is 0 Å². The molecule has 2 fully saturated rings. The first-order chi connectivity index (χ1) is 15.4. The Morgan fingerprint density at radius 2 is 1.69 bits per heavy atom. The van der Waals surface area contributed by atoms with E-state index in [2.05, 4.69) is 5.32 Å². The second kappa shape index (κ2) is 9.71. The first-order valence-corrected chi connectivity index (χ1v) is 13.0. The number of carbonyl (C=O) groups excluding carboxylic acids is 1. The van der Waals surface area contributed by atoms with Crippen molar-refractivity contribution in [1.82, 2.24) is 9.62 Å². The minimum Gasteiger partial charge on any atom is -0.355 e. The van der Waals surface area contributed by atoms with E-state index in [1.54, 1.807) is 36.4 Å². The molecule has 0 radical (unpaired) electrons. The van der Waals surface area contributed by atoms with Crippen LogP contribution >= 0.6 is 0 Å². The zero-order valence-electron chi connectivity index (χ0n) is 18.3. The maximum absolute atomic E-state index is 13.9. The van der Waals surface area contributed by atoms with Gasteiger partial charge < -0.3 is 5.32 Å². The normalized spacial score (nSPS) is 20.0. The van der Waals surface area contributed by atoms with Gasteiger partial charge in [0, 0.05) is 19.6 Å². The minimum absolute atomic E-state index is 0.0258. The monoisotopic (exact) mass is 458 g/mol. The van der Waals surface area contributed by atoms with Gasteiger partial charge in [0.15, 0.2) is 0 Å². The van der Waals surface area contributed by atoms with E-state index in [1.807, 2.05) is 6.07 Å². The molecule has 32 heavy (non-hydrogen) atoms. The maximum atomic E-state index is 13.9. The largest absolute Gasteiger partial charge is 0.355 e. The summed E-state index contributed by atoms with van der Waals surface area (Å²) in [5.41, 5.74) is 0.0935. The summed E-state index contributed by atoms with van der Waals surface area (Å²) in [6.45, 7) is 1.43. The first kappa shape index (κ1) is 22.9. The van der Waals surface area contributed by atoms with Crippen molar-refractivity contribution >= 4 is 15.9 Å². The van der Waals surface area contributed by atoms with Crippen molar-refractivity contribution in [3.8, 4) is 0 Å². The van der Waals surface area contributed by atoms with Crippen molar-refractivity contribution in [3.05, 3.63) is 66.0 Å². The predicted molar refractivity (Wildman–Crippen MR) is 122 cm³/mol. The molecule has 1 saturated carbocycles. The van der Waals surface area contributed by atoms with Gasteiger partial charge in [0.05, 0.1) is 10.3 Å². The lowest BCUT2D eigenvalue weighted by atomic mass is 9.68. The highest BCUT2D eigenvalue weighted by Crippen LogP contribution is 2.40. The summed E-state index contributed by atoms with van der Waals surface area (Å²) in [4.78, 5) is 13.7. The van der Waals surface area contributed by atoms with Crippen molar-refractivity contribution in [2.75, 3.05) is 19.6 Å². The number of hydrogen-bond donors (Lipinski definition) is 1. The summed E-state index contributed by atoms with van der Waals surface area (Å²) in [7, 11) is -3.47. The van der Waals surface area contributed by atoms with E-state index in [-0.39, 0.29) is 17.6 Å². The second-order valence-corrected chi connectivity index (χ2v) is 11.0. The molecule has 0 atom stereocenters. The van der Waals surface area contributed by atoms with E-state index in [0.29, 0.717) is 37.4 Å². The third-order valence-corrected chi connectivity index (χ3v) is 8.94. The zero-order valence-corrected chi connectivity index (χ0v) is 19.1. The summed E-state index contributed by atoms with van der Waals surface area (Å²) < 4.78 is 41.1. The fourth-order valence-corrected chi connectivity index (χ4v) is 6.58. The van der Waals surface area contributed by atoms with Gasteiger partial charge in [-0.3, -0.25) is 4.79 Å². The van der Waals surface area contributed by atoms with Crippen LogP contribution in [0.1, 0.15) is 50.5 Å². The van der Waals surface area contributed by atoms with Gasteiger partial charge in [-0.1, -0.05) is 49.6 Å². The third-order valence-electron chi connectivity index (χ3n) is 7.02. The molecule has 0 unspecified atom stereocenters. The fourth-order valence-electron chi connectivity index (χ4n) is 5.09. The molecular formula is C25H31FN2O3S. The van der Waals surface area contributed by atoms with Gasteiger partial charge in [0.1, 0.15) is 5.82 Å². The number of piperidine rings is 1. The summed E-state index contributed by atoms with van der Waals surface area (Å²) in [6, 6.07) is 15.0. The van der Waals surface area contributed by atoms with Crippen molar-refractivity contribution in [3.63, 3.8) is 0 Å². The average Bonchev–Trinajstić information content (AvgIpc) is 2.84. The first-order valence-electron chi connectivity index (χ1n) is 11.5. The van der Waals surface area contributed by atoms with E-state index in [9.17, 15) is 17.6 Å². The average molecular weight is 459 g/mol. The number of halogens is 1. The molecule has 7 heteroatoms. The predicted octanol–water partition coefficient (Wildman–Crippen LogP) is 4.24. The molecule has 2 aromatic carbocycles. The molecule has 4 rings (SSSR count). The van der Waals surface area contributed by atoms with Crippen LogP contribution in [-0.4, -0.2) is 38.3 Å². The lowest BCUT2D eigenvalue weighted by Gasteiger charge is -2.37. The Labute approximate surface area is 190 Å². The number of hydrogen-bond acceptors (Lipinski definition) is 3. The van der Waals surface area contributed by atoms with Crippen LogP contribution in [0.5, 0.6) is 0 Å². The van der Waals surface area contributed by atoms with Gasteiger partial charge in [-0.25, -0.2) is 12.8 Å². The highest BCUT2D eigenvalue weighted by Gasteiger charge is 2.41. The molecular weight excluding hydrogens is 427 g/mol. The quantitative estimate of drug-likeness (QED) is 0.704. The molecule has 5 nitrogen and oxygen atoms in total. The Morgan fingerprint density at radius 1 is 1.00 bits per heavy atom. The smallest absolute Gasteiger partial charge is 0.243 e. The molecule has 0 spiro atoms. The third kappa shape index (κ3) is 4.74. The Hall–Kier alpha value is -2.25. The van der Waals surface area contributed by atoms with Crippen LogP contribution in [-0.2, 0) is 20.2 Å². The maximum Gasteiger partial charge on any atom is 0.243 e. The summed E-state index contributed by atoms with van der Waals surface area (Å²) in [6.07, 6.45) is 5.89. The van der Waals surface area contributed by atoms with Crippen LogP contribution in [0.3, 0.4) is 0 Å². The highest BCUT2D eigenvalue weighted by atomic mass is 32.2.